The predicted molar refractivity (Wildman–Crippen MR) is 93.1 cm³/mol. The molecule has 0 saturated heterocycles. The molecule has 7 nitrogen and oxygen atoms in total. The lowest BCUT2D eigenvalue weighted by molar-refractivity contribution is 0.0785. The predicted octanol–water partition coefficient (Wildman–Crippen LogP) is 1.84. The van der Waals surface area contributed by atoms with Crippen LogP contribution in [-0.2, 0) is 23.6 Å². The van der Waals surface area contributed by atoms with Crippen LogP contribution in [0.15, 0.2) is 36.7 Å². The van der Waals surface area contributed by atoms with Gasteiger partial charge in [-0.05, 0) is 24.6 Å². The molecular formula is C16H22N4O3S. The molecule has 8 heteroatoms. The Kier molecular flexibility index (Phi) is 5.61. The van der Waals surface area contributed by atoms with Gasteiger partial charge in [0.1, 0.15) is 0 Å². The fourth-order valence-electron chi connectivity index (χ4n) is 2.33. The van der Waals surface area contributed by atoms with Crippen molar-refractivity contribution in [3.05, 3.63) is 47.8 Å². The van der Waals surface area contributed by atoms with Gasteiger partial charge in [0, 0.05) is 43.7 Å². The fourth-order valence-corrected chi connectivity index (χ4v) is 3.46. The zero-order valence-corrected chi connectivity index (χ0v) is 14.9. The second kappa shape index (κ2) is 7.48. The molecule has 1 aromatic carbocycles. The standard InChI is InChI=1S/C16H22N4O3S/c1-4-8-24(22,23)18-15-7-5-6-14(9-15)16(21)19(2)11-13-10-17-20(3)12-13/h5-7,9-10,12,18H,4,8,11H2,1-3H3. The monoisotopic (exact) mass is 350 g/mol. The van der Waals surface area contributed by atoms with E-state index in [4.69, 9.17) is 0 Å². The van der Waals surface area contributed by atoms with Gasteiger partial charge in [0.25, 0.3) is 5.91 Å². The summed E-state index contributed by atoms with van der Waals surface area (Å²) in [6.07, 6.45) is 4.08. The van der Waals surface area contributed by atoms with Crippen molar-refractivity contribution in [3.8, 4) is 0 Å². The Morgan fingerprint density at radius 3 is 2.75 bits per heavy atom. The maximum Gasteiger partial charge on any atom is 0.253 e. The van der Waals surface area contributed by atoms with E-state index in [0.717, 1.165) is 5.56 Å². The van der Waals surface area contributed by atoms with E-state index >= 15 is 0 Å². The highest BCUT2D eigenvalue weighted by Crippen LogP contribution is 2.15. The highest BCUT2D eigenvalue weighted by Gasteiger charge is 2.15. The Bertz CT molecular complexity index is 814. The average molecular weight is 350 g/mol. The molecular weight excluding hydrogens is 328 g/mol. The summed E-state index contributed by atoms with van der Waals surface area (Å²) >= 11 is 0. The molecule has 24 heavy (non-hydrogen) atoms. The van der Waals surface area contributed by atoms with Gasteiger partial charge in [-0.1, -0.05) is 13.0 Å². The summed E-state index contributed by atoms with van der Waals surface area (Å²) in [6, 6.07) is 6.51. The first kappa shape index (κ1) is 18.0. The van der Waals surface area contributed by atoms with E-state index in [9.17, 15) is 13.2 Å². The second-order valence-corrected chi connectivity index (χ2v) is 7.53. The van der Waals surface area contributed by atoms with Gasteiger partial charge in [-0.3, -0.25) is 14.2 Å². The Balaban J connectivity index is 2.10. The maximum absolute atomic E-state index is 12.5. The summed E-state index contributed by atoms with van der Waals surface area (Å²) in [5, 5.41) is 4.08. The van der Waals surface area contributed by atoms with Crippen LogP contribution in [0.4, 0.5) is 5.69 Å². The number of aromatic nitrogens is 2. The number of amides is 1. The van der Waals surface area contributed by atoms with Crippen LogP contribution in [0.3, 0.4) is 0 Å². The Hall–Kier alpha value is -2.35. The molecule has 1 aromatic heterocycles. The Morgan fingerprint density at radius 2 is 2.12 bits per heavy atom. The van der Waals surface area contributed by atoms with Gasteiger partial charge in [0.2, 0.25) is 10.0 Å². The summed E-state index contributed by atoms with van der Waals surface area (Å²) in [6.45, 7) is 2.23. The number of rotatable bonds is 7. The topological polar surface area (TPSA) is 84.3 Å². The van der Waals surface area contributed by atoms with Crippen molar-refractivity contribution in [2.75, 3.05) is 17.5 Å². The highest BCUT2D eigenvalue weighted by atomic mass is 32.2. The van der Waals surface area contributed by atoms with E-state index in [1.54, 1.807) is 54.0 Å². The number of sulfonamides is 1. The molecule has 0 aliphatic rings. The minimum absolute atomic E-state index is 0.0477. The summed E-state index contributed by atoms with van der Waals surface area (Å²) in [7, 11) is 0.135. The minimum Gasteiger partial charge on any atom is -0.337 e. The van der Waals surface area contributed by atoms with Crippen molar-refractivity contribution in [1.82, 2.24) is 14.7 Å². The van der Waals surface area contributed by atoms with Crippen molar-refractivity contribution < 1.29 is 13.2 Å². The van der Waals surface area contributed by atoms with Gasteiger partial charge >= 0.3 is 0 Å². The molecule has 0 bridgehead atoms. The van der Waals surface area contributed by atoms with Crippen LogP contribution in [-0.4, -0.2) is 41.8 Å². The van der Waals surface area contributed by atoms with E-state index in [-0.39, 0.29) is 11.7 Å². The summed E-state index contributed by atoms with van der Waals surface area (Å²) in [5.74, 6) is -0.137. The molecule has 1 N–H and O–H groups in total. The number of carbonyl (C=O) groups is 1. The molecule has 0 aliphatic carbocycles. The Labute approximate surface area is 142 Å². The van der Waals surface area contributed by atoms with E-state index in [1.165, 1.54) is 0 Å². The summed E-state index contributed by atoms with van der Waals surface area (Å²) in [4.78, 5) is 14.1. The molecule has 2 rings (SSSR count). The van der Waals surface area contributed by atoms with E-state index < -0.39 is 10.0 Å². The first-order valence-corrected chi connectivity index (χ1v) is 9.29. The number of aryl methyl sites for hydroxylation is 1. The van der Waals surface area contributed by atoms with Crippen LogP contribution < -0.4 is 4.72 Å². The van der Waals surface area contributed by atoms with Crippen molar-refractivity contribution >= 4 is 21.6 Å². The number of anilines is 1. The normalized spacial score (nSPS) is 11.3. The smallest absolute Gasteiger partial charge is 0.253 e. The number of benzene rings is 1. The molecule has 2 aromatic rings. The number of hydrogen-bond donors (Lipinski definition) is 1. The third-order valence-electron chi connectivity index (χ3n) is 3.38. The lowest BCUT2D eigenvalue weighted by Gasteiger charge is -2.17. The van der Waals surface area contributed by atoms with Gasteiger partial charge in [0.15, 0.2) is 0 Å². The average Bonchev–Trinajstić information content (AvgIpc) is 2.91. The molecule has 0 spiro atoms. The lowest BCUT2D eigenvalue weighted by Crippen LogP contribution is -2.26. The largest absolute Gasteiger partial charge is 0.337 e. The quantitative estimate of drug-likeness (QED) is 0.826. The molecule has 0 radical (unpaired) electrons. The van der Waals surface area contributed by atoms with Crippen molar-refractivity contribution in [2.45, 2.75) is 19.9 Å². The van der Waals surface area contributed by atoms with Gasteiger partial charge in [-0.25, -0.2) is 8.42 Å². The highest BCUT2D eigenvalue weighted by molar-refractivity contribution is 7.92. The van der Waals surface area contributed by atoms with Crippen LogP contribution in [0.25, 0.3) is 0 Å². The van der Waals surface area contributed by atoms with Crippen molar-refractivity contribution in [3.63, 3.8) is 0 Å². The van der Waals surface area contributed by atoms with Gasteiger partial charge in [-0.15, -0.1) is 0 Å². The zero-order chi connectivity index (χ0) is 17.7. The number of hydrogen-bond acceptors (Lipinski definition) is 4. The number of nitrogens with one attached hydrogen (secondary N) is 1. The number of nitrogens with zero attached hydrogens (tertiary/aromatic N) is 3. The van der Waals surface area contributed by atoms with Crippen molar-refractivity contribution in [1.29, 1.82) is 0 Å². The molecule has 1 heterocycles. The molecule has 1 amide bonds. The van der Waals surface area contributed by atoms with Gasteiger partial charge in [-0.2, -0.15) is 5.10 Å². The van der Waals surface area contributed by atoms with Crippen LogP contribution >= 0.6 is 0 Å². The van der Waals surface area contributed by atoms with Crippen LogP contribution in [0, 0.1) is 0 Å². The van der Waals surface area contributed by atoms with Crippen molar-refractivity contribution in [2.24, 2.45) is 7.05 Å². The lowest BCUT2D eigenvalue weighted by atomic mass is 10.1. The SMILES string of the molecule is CCCS(=O)(=O)Nc1cccc(C(=O)N(C)Cc2cnn(C)c2)c1. The minimum atomic E-state index is -3.38. The Morgan fingerprint density at radius 1 is 1.38 bits per heavy atom. The zero-order valence-electron chi connectivity index (χ0n) is 14.1. The summed E-state index contributed by atoms with van der Waals surface area (Å²) < 4.78 is 27.9. The molecule has 130 valence electrons. The third-order valence-corrected chi connectivity index (χ3v) is 4.87. The van der Waals surface area contributed by atoms with Gasteiger partial charge in [0.05, 0.1) is 11.9 Å². The fraction of sp³-hybridized carbons (Fsp3) is 0.375. The molecule has 0 fully saturated rings. The maximum atomic E-state index is 12.5. The van der Waals surface area contributed by atoms with E-state index in [0.29, 0.717) is 24.2 Å². The first-order chi connectivity index (χ1) is 11.3. The molecule has 0 aliphatic heterocycles. The van der Waals surface area contributed by atoms with Gasteiger partial charge < -0.3 is 4.90 Å². The van der Waals surface area contributed by atoms with Crippen LogP contribution in [0.1, 0.15) is 29.3 Å². The van der Waals surface area contributed by atoms with Crippen LogP contribution in [0.5, 0.6) is 0 Å². The van der Waals surface area contributed by atoms with E-state index in [1.807, 2.05) is 13.2 Å². The molecule has 0 atom stereocenters. The summed E-state index contributed by atoms with van der Waals surface area (Å²) in [5.41, 5.74) is 1.75. The van der Waals surface area contributed by atoms with E-state index in [2.05, 4.69) is 9.82 Å². The number of carbonyl (C=O) groups excluding carboxylic acids is 1. The molecule has 0 unspecified atom stereocenters. The third kappa shape index (κ3) is 4.82. The molecule has 0 saturated carbocycles. The first-order valence-electron chi connectivity index (χ1n) is 7.64. The second-order valence-electron chi connectivity index (χ2n) is 5.69. The van der Waals surface area contributed by atoms with Crippen LogP contribution in [0.2, 0.25) is 0 Å².